The van der Waals surface area contributed by atoms with Gasteiger partial charge in [-0.1, -0.05) is 23.2 Å². The van der Waals surface area contributed by atoms with Crippen molar-refractivity contribution < 1.29 is 4.39 Å². The van der Waals surface area contributed by atoms with E-state index < -0.39 is 5.82 Å². The van der Waals surface area contributed by atoms with Crippen LogP contribution < -0.4 is 5.32 Å². The maximum Gasteiger partial charge on any atom is 0.142 e. The van der Waals surface area contributed by atoms with E-state index in [1.807, 2.05) is 6.92 Å². The maximum absolute atomic E-state index is 13.5. The summed E-state index contributed by atoms with van der Waals surface area (Å²) >= 11 is 11.8. The minimum absolute atomic E-state index is 0.0146. The van der Waals surface area contributed by atoms with Gasteiger partial charge in [-0.25, -0.2) is 4.39 Å². The fourth-order valence-corrected chi connectivity index (χ4v) is 2.93. The second kappa shape index (κ2) is 5.74. The molecule has 1 saturated heterocycles. The van der Waals surface area contributed by atoms with Crippen LogP contribution in [0.2, 0.25) is 10.0 Å². The maximum atomic E-state index is 13.5. The standard InChI is InChI=1S/C13H17Cl2FN2/c1-8(17-9-3-4-18(2)7-9)10-5-13(16)12(15)6-11(10)14/h5-6,8-9,17H,3-4,7H2,1-2H3. The number of nitrogens with one attached hydrogen (secondary N) is 1. The molecule has 18 heavy (non-hydrogen) atoms. The van der Waals surface area contributed by atoms with Gasteiger partial charge in [0, 0.05) is 23.7 Å². The molecular weight excluding hydrogens is 274 g/mol. The molecule has 0 radical (unpaired) electrons. The highest BCUT2D eigenvalue weighted by Gasteiger charge is 2.22. The van der Waals surface area contributed by atoms with Gasteiger partial charge in [0.25, 0.3) is 0 Å². The third-order valence-corrected chi connectivity index (χ3v) is 4.00. The molecule has 1 aliphatic rings. The van der Waals surface area contributed by atoms with Crippen LogP contribution >= 0.6 is 23.2 Å². The first-order valence-electron chi connectivity index (χ1n) is 6.06. The molecule has 1 heterocycles. The van der Waals surface area contributed by atoms with Crippen LogP contribution in [-0.2, 0) is 0 Å². The first-order valence-corrected chi connectivity index (χ1v) is 6.82. The van der Waals surface area contributed by atoms with Gasteiger partial charge in [0.05, 0.1) is 5.02 Å². The molecule has 1 aromatic rings. The zero-order valence-corrected chi connectivity index (χ0v) is 12.0. The van der Waals surface area contributed by atoms with Gasteiger partial charge in [-0.2, -0.15) is 0 Å². The molecular formula is C13H17Cl2FN2. The van der Waals surface area contributed by atoms with Gasteiger partial charge in [-0.15, -0.1) is 0 Å². The van der Waals surface area contributed by atoms with E-state index in [1.54, 1.807) is 0 Å². The molecule has 1 fully saturated rings. The summed E-state index contributed by atoms with van der Waals surface area (Å²) in [5, 5.41) is 4.05. The quantitative estimate of drug-likeness (QED) is 0.858. The van der Waals surface area contributed by atoms with Crippen molar-refractivity contribution in [2.45, 2.75) is 25.4 Å². The van der Waals surface area contributed by atoms with Crippen molar-refractivity contribution in [2.75, 3.05) is 20.1 Å². The van der Waals surface area contributed by atoms with E-state index in [0.29, 0.717) is 11.1 Å². The lowest BCUT2D eigenvalue weighted by Gasteiger charge is -2.21. The summed E-state index contributed by atoms with van der Waals surface area (Å²) in [7, 11) is 2.10. The molecule has 2 nitrogen and oxygen atoms in total. The number of likely N-dealkylation sites (N-methyl/N-ethyl adjacent to an activating group) is 1. The monoisotopic (exact) mass is 290 g/mol. The van der Waals surface area contributed by atoms with Crippen LogP contribution in [-0.4, -0.2) is 31.1 Å². The Bertz CT molecular complexity index is 439. The van der Waals surface area contributed by atoms with Gasteiger partial charge in [0.2, 0.25) is 0 Å². The zero-order chi connectivity index (χ0) is 13.3. The van der Waals surface area contributed by atoms with Crippen LogP contribution in [0.15, 0.2) is 12.1 Å². The lowest BCUT2D eigenvalue weighted by atomic mass is 10.1. The summed E-state index contributed by atoms with van der Waals surface area (Å²) in [6.07, 6.45) is 1.11. The Balaban J connectivity index is 2.09. The fraction of sp³-hybridized carbons (Fsp3) is 0.538. The first-order chi connectivity index (χ1) is 8.47. The van der Waals surface area contributed by atoms with Crippen molar-refractivity contribution in [1.29, 1.82) is 0 Å². The second-order valence-corrected chi connectivity index (χ2v) is 5.74. The summed E-state index contributed by atoms with van der Waals surface area (Å²) < 4.78 is 13.5. The van der Waals surface area contributed by atoms with Crippen molar-refractivity contribution in [1.82, 2.24) is 10.2 Å². The van der Waals surface area contributed by atoms with Crippen molar-refractivity contribution in [3.05, 3.63) is 33.6 Å². The van der Waals surface area contributed by atoms with Crippen LogP contribution in [0.3, 0.4) is 0 Å². The lowest BCUT2D eigenvalue weighted by molar-refractivity contribution is 0.387. The average Bonchev–Trinajstić information content (AvgIpc) is 2.69. The fourth-order valence-electron chi connectivity index (χ4n) is 2.38. The number of likely N-dealkylation sites (tertiary alicyclic amines) is 1. The Kier molecular flexibility index (Phi) is 4.49. The number of hydrogen-bond donors (Lipinski definition) is 1. The molecule has 2 unspecified atom stereocenters. The van der Waals surface area contributed by atoms with E-state index in [4.69, 9.17) is 23.2 Å². The normalized spacial score (nSPS) is 22.4. The Morgan fingerprint density at radius 2 is 2.11 bits per heavy atom. The highest BCUT2D eigenvalue weighted by atomic mass is 35.5. The van der Waals surface area contributed by atoms with Crippen LogP contribution in [0.25, 0.3) is 0 Å². The largest absolute Gasteiger partial charge is 0.306 e. The van der Waals surface area contributed by atoms with Crippen molar-refractivity contribution in [3.8, 4) is 0 Å². The molecule has 0 amide bonds. The third kappa shape index (κ3) is 3.15. The van der Waals surface area contributed by atoms with Gasteiger partial charge in [-0.3, -0.25) is 0 Å². The van der Waals surface area contributed by atoms with Crippen LogP contribution in [0.1, 0.15) is 24.9 Å². The van der Waals surface area contributed by atoms with E-state index in [1.165, 1.54) is 12.1 Å². The molecule has 100 valence electrons. The molecule has 0 aliphatic carbocycles. The van der Waals surface area contributed by atoms with E-state index in [-0.39, 0.29) is 11.1 Å². The van der Waals surface area contributed by atoms with E-state index in [0.717, 1.165) is 25.1 Å². The SMILES string of the molecule is CC(NC1CCN(C)C1)c1cc(F)c(Cl)cc1Cl. The number of rotatable bonds is 3. The Morgan fingerprint density at radius 1 is 1.39 bits per heavy atom. The summed E-state index contributed by atoms with van der Waals surface area (Å²) in [6, 6.07) is 3.33. The Labute approximate surface area is 117 Å². The summed E-state index contributed by atoms with van der Waals surface area (Å²) in [5.74, 6) is -0.423. The summed E-state index contributed by atoms with van der Waals surface area (Å²) in [6.45, 7) is 4.10. The van der Waals surface area contributed by atoms with E-state index in [2.05, 4.69) is 17.3 Å². The summed E-state index contributed by atoms with van der Waals surface area (Å²) in [4.78, 5) is 2.27. The topological polar surface area (TPSA) is 15.3 Å². The molecule has 5 heteroatoms. The molecule has 1 aromatic carbocycles. The second-order valence-electron chi connectivity index (χ2n) is 4.92. The molecule has 2 rings (SSSR count). The number of benzene rings is 1. The summed E-state index contributed by atoms with van der Waals surface area (Å²) in [5.41, 5.74) is 0.758. The Hall–Kier alpha value is -0.350. The van der Waals surface area contributed by atoms with Crippen LogP contribution in [0, 0.1) is 5.82 Å². The third-order valence-electron chi connectivity index (χ3n) is 3.38. The predicted molar refractivity (Wildman–Crippen MR) is 73.9 cm³/mol. The first kappa shape index (κ1) is 14.1. The zero-order valence-electron chi connectivity index (χ0n) is 10.5. The van der Waals surface area contributed by atoms with Gasteiger partial charge in [0.15, 0.2) is 0 Å². The van der Waals surface area contributed by atoms with Gasteiger partial charge >= 0.3 is 0 Å². The molecule has 1 N–H and O–H groups in total. The van der Waals surface area contributed by atoms with Gasteiger partial charge in [0.1, 0.15) is 5.82 Å². The lowest BCUT2D eigenvalue weighted by Crippen LogP contribution is -2.33. The molecule has 0 aromatic heterocycles. The van der Waals surface area contributed by atoms with Gasteiger partial charge < -0.3 is 10.2 Å². The predicted octanol–water partition coefficient (Wildman–Crippen LogP) is 3.49. The minimum Gasteiger partial charge on any atom is -0.306 e. The average molecular weight is 291 g/mol. The van der Waals surface area contributed by atoms with E-state index >= 15 is 0 Å². The highest BCUT2D eigenvalue weighted by Crippen LogP contribution is 2.29. The molecule has 2 atom stereocenters. The van der Waals surface area contributed by atoms with Crippen LogP contribution in [0.4, 0.5) is 4.39 Å². The van der Waals surface area contributed by atoms with Gasteiger partial charge in [-0.05, 0) is 44.6 Å². The van der Waals surface area contributed by atoms with Crippen molar-refractivity contribution in [3.63, 3.8) is 0 Å². The van der Waals surface area contributed by atoms with Crippen molar-refractivity contribution >= 4 is 23.2 Å². The molecule has 0 bridgehead atoms. The van der Waals surface area contributed by atoms with E-state index in [9.17, 15) is 4.39 Å². The number of halogens is 3. The van der Waals surface area contributed by atoms with Crippen LogP contribution in [0.5, 0.6) is 0 Å². The minimum atomic E-state index is -0.423. The number of hydrogen-bond acceptors (Lipinski definition) is 2. The smallest absolute Gasteiger partial charge is 0.142 e. The number of nitrogens with zero attached hydrogens (tertiary/aromatic N) is 1. The molecule has 0 saturated carbocycles. The highest BCUT2D eigenvalue weighted by molar-refractivity contribution is 6.35. The molecule has 1 aliphatic heterocycles. The van der Waals surface area contributed by atoms with Crippen molar-refractivity contribution in [2.24, 2.45) is 0 Å². The Morgan fingerprint density at radius 3 is 2.72 bits per heavy atom. The molecule has 0 spiro atoms.